The molecule has 1 aliphatic heterocycles. The Labute approximate surface area is 209 Å². The Morgan fingerprint density at radius 3 is 2.25 bits per heavy atom. The van der Waals surface area contributed by atoms with Crippen molar-refractivity contribution in [3.8, 4) is 5.75 Å². The van der Waals surface area contributed by atoms with E-state index in [0.29, 0.717) is 61.0 Å². The second kappa shape index (κ2) is 10.1. The topological polar surface area (TPSA) is 83.9 Å². The summed E-state index contributed by atoms with van der Waals surface area (Å²) in [4.78, 5) is 40.1. The number of aliphatic carboxylic acids is 1. The summed E-state index contributed by atoms with van der Waals surface area (Å²) >= 11 is 0. The lowest BCUT2D eigenvalue weighted by atomic mass is 9.70. The number of carboxylic acids is 1. The monoisotopic (exact) mass is 489 g/mol. The number of carbonyl (C=O) groups excluding carboxylic acids is 2. The largest absolute Gasteiger partial charge is 0.489 e. The molecule has 3 aliphatic rings. The van der Waals surface area contributed by atoms with Crippen molar-refractivity contribution in [3.05, 3.63) is 88.0 Å². The van der Waals surface area contributed by atoms with E-state index in [4.69, 9.17) is 4.74 Å². The predicted molar refractivity (Wildman–Crippen MR) is 131 cm³/mol. The van der Waals surface area contributed by atoms with Crippen LogP contribution in [0.2, 0.25) is 0 Å². The molecule has 6 nitrogen and oxygen atoms in total. The lowest BCUT2D eigenvalue weighted by Crippen LogP contribution is -2.40. The van der Waals surface area contributed by atoms with Crippen LogP contribution in [-0.4, -0.2) is 34.1 Å². The summed E-state index contributed by atoms with van der Waals surface area (Å²) < 4.78 is 19.8. The van der Waals surface area contributed by atoms with Crippen LogP contribution in [0, 0.1) is 5.82 Å². The Balaban J connectivity index is 1.61. The Kier molecular flexibility index (Phi) is 6.72. The number of carbonyl (C=O) groups is 3. The van der Waals surface area contributed by atoms with Crippen LogP contribution >= 0.6 is 0 Å². The van der Waals surface area contributed by atoms with Crippen LogP contribution in [0.1, 0.15) is 62.0 Å². The van der Waals surface area contributed by atoms with Crippen molar-refractivity contribution in [2.24, 2.45) is 0 Å². The lowest BCUT2D eigenvalue weighted by molar-refractivity contribution is -0.137. The summed E-state index contributed by atoms with van der Waals surface area (Å²) in [5.74, 6) is -1.29. The fourth-order valence-electron chi connectivity index (χ4n) is 5.64. The molecule has 0 bridgehead atoms. The molecule has 7 heteroatoms. The molecule has 0 amide bonds. The van der Waals surface area contributed by atoms with Gasteiger partial charge in [0.2, 0.25) is 0 Å². The van der Waals surface area contributed by atoms with Gasteiger partial charge in [0.15, 0.2) is 11.6 Å². The first-order valence-corrected chi connectivity index (χ1v) is 12.4. The van der Waals surface area contributed by atoms with Gasteiger partial charge in [-0.25, -0.2) is 4.39 Å². The van der Waals surface area contributed by atoms with Crippen LogP contribution in [0.3, 0.4) is 0 Å². The number of carboxylic acid groups (broad SMARTS) is 1. The quantitative estimate of drug-likeness (QED) is 0.569. The number of hydrogen-bond acceptors (Lipinski definition) is 5. The molecule has 0 saturated carbocycles. The van der Waals surface area contributed by atoms with Gasteiger partial charge in [0.1, 0.15) is 18.2 Å². The second-order valence-electron chi connectivity index (χ2n) is 9.46. The number of ether oxygens (including phenoxy) is 1. The SMILES string of the molecule is O=C(O)CCN1C2=C(C(=O)CCC2)C(c2ccccc2OCc2cccc(F)c2)C2=C1CCCC2=O. The van der Waals surface area contributed by atoms with Crippen LogP contribution in [0.4, 0.5) is 4.39 Å². The van der Waals surface area contributed by atoms with Crippen molar-refractivity contribution in [1.29, 1.82) is 0 Å². The first-order chi connectivity index (χ1) is 17.4. The maximum atomic E-state index is 13.7. The molecular weight excluding hydrogens is 461 g/mol. The molecule has 186 valence electrons. The third-order valence-electron chi connectivity index (χ3n) is 7.15. The van der Waals surface area contributed by atoms with Gasteiger partial charge >= 0.3 is 5.97 Å². The maximum absolute atomic E-state index is 13.7. The van der Waals surface area contributed by atoms with Gasteiger partial charge in [-0.05, 0) is 49.4 Å². The van der Waals surface area contributed by atoms with Crippen LogP contribution in [-0.2, 0) is 21.0 Å². The van der Waals surface area contributed by atoms with Crippen molar-refractivity contribution >= 4 is 17.5 Å². The molecule has 0 radical (unpaired) electrons. The highest BCUT2D eigenvalue weighted by molar-refractivity contribution is 6.06. The Morgan fingerprint density at radius 1 is 0.944 bits per heavy atom. The molecule has 2 aliphatic carbocycles. The molecule has 1 N–H and O–H groups in total. The summed E-state index contributed by atoms with van der Waals surface area (Å²) in [5, 5.41) is 9.34. The molecule has 1 heterocycles. The summed E-state index contributed by atoms with van der Waals surface area (Å²) in [6, 6.07) is 13.6. The Morgan fingerprint density at radius 2 is 1.61 bits per heavy atom. The fraction of sp³-hybridized carbons (Fsp3) is 0.345. The van der Waals surface area contributed by atoms with Gasteiger partial charge in [-0.15, -0.1) is 0 Å². The highest BCUT2D eigenvalue weighted by Gasteiger charge is 2.44. The number of allylic oxidation sites excluding steroid dienone is 4. The standard InChI is InChI=1S/C29H28FNO5/c30-19-7-3-6-18(16-19)17-36-25-13-2-1-8-20(25)27-28-21(9-4-11-23(28)32)31(15-14-26(34)35)22-10-5-12-24(33)29(22)27/h1-3,6-8,13,16,27H,4-5,9-12,14-15,17H2,(H,34,35). The van der Waals surface area contributed by atoms with E-state index >= 15 is 0 Å². The van der Waals surface area contributed by atoms with Gasteiger partial charge in [-0.3, -0.25) is 14.4 Å². The van der Waals surface area contributed by atoms with Crippen molar-refractivity contribution in [3.63, 3.8) is 0 Å². The van der Waals surface area contributed by atoms with E-state index in [9.17, 15) is 23.9 Å². The molecule has 2 aromatic rings. The lowest BCUT2D eigenvalue weighted by Gasteiger charge is -2.44. The smallest absolute Gasteiger partial charge is 0.305 e. The molecule has 0 spiro atoms. The van der Waals surface area contributed by atoms with E-state index in [0.717, 1.165) is 17.0 Å². The number of ketones is 2. The number of rotatable bonds is 7. The average molecular weight is 490 g/mol. The van der Waals surface area contributed by atoms with Crippen molar-refractivity contribution < 1.29 is 28.6 Å². The molecule has 5 rings (SSSR count). The highest BCUT2D eigenvalue weighted by Crippen LogP contribution is 2.50. The van der Waals surface area contributed by atoms with Gasteiger partial charge in [0.25, 0.3) is 0 Å². The third kappa shape index (κ3) is 4.57. The maximum Gasteiger partial charge on any atom is 0.305 e. The van der Waals surface area contributed by atoms with E-state index in [1.807, 2.05) is 29.2 Å². The van der Waals surface area contributed by atoms with Crippen LogP contribution in [0.25, 0.3) is 0 Å². The molecule has 2 aromatic carbocycles. The van der Waals surface area contributed by atoms with E-state index in [-0.39, 0.29) is 37.0 Å². The minimum Gasteiger partial charge on any atom is -0.489 e. The van der Waals surface area contributed by atoms with Crippen molar-refractivity contribution in [2.45, 2.75) is 57.5 Å². The molecular formula is C29H28FNO5. The summed E-state index contributed by atoms with van der Waals surface area (Å²) in [5.41, 5.74) is 4.26. The molecule has 0 saturated heterocycles. The summed E-state index contributed by atoms with van der Waals surface area (Å²) in [6.45, 7) is 0.379. The minimum absolute atomic E-state index is 0.00793. The van der Waals surface area contributed by atoms with Gasteiger partial charge in [0, 0.05) is 53.4 Å². The van der Waals surface area contributed by atoms with E-state index in [1.165, 1.54) is 12.1 Å². The van der Waals surface area contributed by atoms with Gasteiger partial charge in [0.05, 0.1) is 6.42 Å². The van der Waals surface area contributed by atoms with Crippen LogP contribution < -0.4 is 4.74 Å². The zero-order chi connectivity index (χ0) is 25.2. The molecule has 36 heavy (non-hydrogen) atoms. The number of hydrogen-bond donors (Lipinski definition) is 1. The number of nitrogens with zero attached hydrogens (tertiary/aromatic N) is 1. The van der Waals surface area contributed by atoms with E-state index in [1.54, 1.807) is 12.1 Å². The highest BCUT2D eigenvalue weighted by atomic mass is 19.1. The van der Waals surface area contributed by atoms with E-state index < -0.39 is 11.9 Å². The number of para-hydroxylation sites is 1. The normalized spacial score (nSPS) is 18.3. The van der Waals surface area contributed by atoms with Crippen molar-refractivity contribution in [2.75, 3.05) is 6.54 Å². The van der Waals surface area contributed by atoms with Gasteiger partial charge in [-0.2, -0.15) is 0 Å². The number of benzene rings is 2. The van der Waals surface area contributed by atoms with Crippen LogP contribution in [0.15, 0.2) is 71.1 Å². The fourth-order valence-corrected chi connectivity index (χ4v) is 5.64. The Hall–Kier alpha value is -3.74. The zero-order valence-corrected chi connectivity index (χ0v) is 20.0. The first kappa shape index (κ1) is 24.0. The Bertz CT molecular complexity index is 1250. The van der Waals surface area contributed by atoms with Gasteiger partial charge < -0.3 is 14.7 Å². The van der Waals surface area contributed by atoms with Gasteiger partial charge in [-0.1, -0.05) is 30.3 Å². The first-order valence-electron chi connectivity index (χ1n) is 12.4. The van der Waals surface area contributed by atoms with Crippen LogP contribution in [0.5, 0.6) is 5.75 Å². The number of Topliss-reactive ketones (excluding diaryl/α,β-unsaturated/α-hetero) is 2. The summed E-state index contributed by atoms with van der Waals surface area (Å²) in [7, 11) is 0. The number of halogens is 1. The second-order valence-corrected chi connectivity index (χ2v) is 9.46. The minimum atomic E-state index is -0.915. The van der Waals surface area contributed by atoms with Crippen molar-refractivity contribution in [1.82, 2.24) is 4.90 Å². The molecule has 0 unspecified atom stereocenters. The third-order valence-corrected chi connectivity index (χ3v) is 7.15. The zero-order valence-electron chi connectivity index (χ0n) is 20.0. The molecule has 0 fully saturated rings. The predicted octanol–water partition coefficient (Wildman–Crippen LogP) is 5.29. The average Bonchev–Trinajstić information content (AvgIpc) is 2.86. The van der Waals surface area contributed by atoms with E-state index in [2.05, 4.69) is 0 Å². The summed E-state index contributed by atoms with van der Waals surface area (Å²) in [6.07, 6.45) is 3.43. The molecule has 0 atom stereocenters. The molecule has 0 aromatic heterocycles.